The lowest BCUT2D eigenvalue weighted by Gasteiger charge is -2.15. The largest absolute Gasteiger partial charge is 0.872 e. The fourth-order valence-corrected chi connectivity index (χ4v) is 2.23. The maximum absolute atomic E-state index is 12.1. The monoisotopic (exact) mass is 317 g/mol. The van der Waals surface area contributed by atoms with Gasteiger partial charge in [0, 0.05) is 6.07 Å². The Kier molecular flexibility index (Phi) is 4.13. The molecular weight excluding hydrogens is 304 g/mol. The molecule has 0 saturated carbocycles. The second-order valence-electron chi connectivity index (χ2n) is 4.96. The Bertz CT molecular complexity index is 762. The second-order valence-corrected chi connectivity index (χ2v) is 4.96. The number of esters is 1. The minimum atomic E-state index is -1.36. The van der Waals surface area contributed by atoms with Crippen LogP contribution in [0.2, 0.25) is 0 Å². The number of hydrogen-bond donors (Lipinski definition) is 3. The van der Waals surface area contributed by atoms with Gasteiger partial charge >= 0.3 is 11.9 Å². The molecule has 2 aromatic carbocycles. The first-order valence-corrected chi connectivity index (χ1v) is 6.50. The van der Waals surface area contributed by atoms with E-state index in [1.807, 2.05) is 0 Å². The number of carboxylic acids is 1. The van der Waals surface area contributed by atoms with Crippen LogP contribution in [0.15, 0.2) is 24.3 Å². The Morgan fingerprint density at radius 2 is 1.61 bits per heavy atom. The standard InChI is InChI=1S/C16H14O7/c1-7-3-9(17)5-11(18)14(7)16(22)23-10-4-8(2)13(15(20)21)12(19)6-10/h3-6,17-19H,1-2H3,(H,20,21)/p-1. The predicted octanol–water partition coefficient (Wildman–Crippen LogP) is 1.71. The fourth-order valence-electron chi connectivity index (χ4n) is 2.23. The van der Waals surface area contributed by atoms with E-state index in [1.54, 1.807) is 0 Å². The van der Waals surface area contributed by atoms with E-state index in [-0.39, 0.29) is 28.2 Å². The smallest absolute Gasteiger partial charge is 0.347 e. The third-order valence-corrected chi connectivity index (χ3v) is 3.20. The van der Waals surface area contributed by atoms with Crippen molar-refractivity contribution in [3.63, 3.8) is 0 Å². The molecule has 23 heavy (non-hydrogen) atoms. The quantitative estimate of drug-likeness (QED) is 0.580. The molecule has 0 amide bonds. The molecular formula is C16H13O7-. The van der Waals surface area contributed by atoms with Gasteiger partial charge in [-0.15, -0.1) is 0 Å². The van der Waals surface area contributed by atoms with Crippen LogP contribution in [0.3, 0.4) is 0 Å². The molecule has 0 aliphatic rings. The van der Waals surface area contributed by atoms with Crippen molar-refractivity contribution in [1.82, 2.24) is 0 Å². The number of phenolic OH excluding ortho intramolecular Hbond substituents is 2. The van der Waals surface area contributed by atoms with Crippen LogP contribution in [0.25, 0.3) is 0 Å². The SMILES string of the molecule is Cc1cc(OC(=O)c2c(C)cc(O)cc2O)cc([O-])c1C(=O)O. The summed E-state index contributed by atoms with van der Waals surface area (Å²) in [5.74, 6) is -3.88. The van der Waals surface area contributed by atoms with Crippen molar-refractivity contribution < 1.29 is 34.8 Å². The molecule has 2 rings (SSSR count). The third-order valence-electron chi connectivity index (χ3n) is 3.20. The van der Waals surface area contributed by atoms with Gasteiger partial charge in [0.2, 0.25) is 0 Å². The van der Waals surface area contributed by atoms with Crippen molar-refractivity contribution in [1.29, 1.82) is 0 Å². The lowest BCUT2D eigenvalue weighted by atomic mass is 10.1. The van der Waals surface area contributed by atoms with E-state index in [0.29, 0.717) is 0 Å². The molecule has 0 heterocycles. The van der Waals surface area contributed by atoms with E-state index in [9.17, 15) is 24.9 Å². The molecule has 0 atom stereocenters. The number of carbonyl (C=O) groups excluding carboxylic acids is 1. The molecule has 0 radical (unpaired) electrons. The number of hydrogen-bond acceptors (Lipinski definition) is 6. The van der Waals surface area contributed by atoms with Crippen LogP contribution in [-0.2, 0) is 0 Å². The first-order valence-electron chi connectivity index (χ1n) is 6.50. The number of aryl methyl sites for hydroxylation is 2. The third kappa shape index (κ3) is 3.18. The number of carboxylic acid groups (broad SMARTS) is 1. The molecule has 2 aromatic rings. The van der Waals surface area contributed by atoms with Crippen LogP contribution < -0.4 is 9.84 Å². The number of ether oxygens (including phenoxy) is 1. The van der Waals surface area contributed by atoms with Gasteiger partial charge in [-0.05, 0) is 43.2 Å². The van der Waals surface area contributed by atoms with E-state index in [1.165, 1.54) is 26.0 Å². The van der Waals surface area contributed by atoms with Crippen molar-refractivity contribution in [3.8, 4) is 23.0 Å². The second kappa shape index (κ2) is 5.88. The summed E-state index contributed by atoms with van der Waals surface area (Å²) in [5.41, 5.74) is -0.114. The number of aromatic hydroxyl groups is 2. The maximum Gasteiger partial charge on any atom is 0.347 e. The summed E-state index contributed by atoms with van der Waals surface area (Å²) in [7, 11) is 0. The highest BCUT2D eigenvalue weighted by Crippen LogP contribution is 2.30. The van der Waals surface area contributed by atoms with Crippen molar-refractivity contribution in [2.75, 3.05) is 0 Å². The molecule has 0 bridgehead atoms. The zero-order valence-corrected chi connectivity index (χ0v) is 12.3. The zero-order valence-electron chi connectivity index (χ0n) is 12.3. The van der Waals surface area contributed by atoms with Gasteiger partial charge in [-0.1, -0.05) is 5.75 Å². The number of rotatable bonds is 3. The Balaban J connectivity index is 2.37. The van der Waals surface area contributed by atoms with Gasteiger partial charge < -0.3 is 25.2 Å². The highest BCUT2D eigenvalue weighted by Gasteiger charge is 2.19. The van der Waals surface area contributed by atoms with Gasteiger partial charge in [-0.3, -0.25) is 0 Å². The summed E-state index contributed by atoms with van der Waals surface area (Å²) in [5, 5.41) is 39.8. The lowest BCUT2D eigenvalue weighted by molar-refractivity contribution is -0.268. The average Bonchev–Trinajstić information content (AvgIpc) is 2.35. The number of phenols is 2. The molecule has 120 valence electrons. The van der Waals surface area contributed by atoms with E-state index >= 15 is 0 Å². The summed E-state index contributed by atoms with van der Waals surface area (Å²) in [4.78, 5) is 23.1. The summed E-state index contributed by atoms with van der Waals surface area (Å²) >= 11 is 0. The molecule has 0 aromatic heterocycles. The summed E-state index contributed by atoms with van der Waals surface area (Å²) in [6, 6.07) is 4.40. The molecule has 0 saturated heterocycles. The molecule has 0 fully saturated rings. The minimum absolute atomic E-state index is 0.130. The molecule has 0 spiro atoms. The van der Waals surface area contributed by atoms with Crippen molar-refractivity contribution in [2.45, 2.75) is 13.8 Å². The number of carbonyl (C=O) groups is 2. The molecule has 7 heteroatoms. The number of aromatic carboxylic acids is 1. The van der Waals surface area contributed by atoms with Gasteiger partial charge in [-0.2, -0.15) is 0 Å². The Hall–Kier alpha value is -3.22. The van der Waals surface area contributed by atoms with E-state index < -0.39 is 29.0 Å². The molecule has 7 nitrogen and oxygen atoms in total. The van der Waals surface area contributed by atoms with Gasteiger partial charge in [0.1, 0.15) is 22.8 Å². The van der Waals surface area contributed by atoms with Crippen molar-refractivity contribution in [3.05, 3.63) is 46.5 Å². The van der Waals surface area contributed by atoms with Crippen molar-refractivity contribution in [2.24, 2.45) is 0 Å². The summed E-state index contributed by atoms with van der Waals surface area (Å²) in [6.45, 7) is 2.90. The van der Waals surface area contributed by atoms with Crippen LogP contribution in [0, 0.1) is 13.8 Å². The summed E-state index contributed by atoms with van der Waals surface area (Å²) in [6.07, 6.45) is 0. The van der Waals surface area contributed by atoms with Crippen molar-refractivity contribution >= 4 is 11.9 Å². The molecule has 0 aliphatic heterocycles. The first-order chi connectivity index (χ1) is 10.7. The molecule has 0 aliphatic carbocycles. The van der Waals surface area contributed by atoms with Crippen LogP contribution in [0.1, 0.15) is 31.8 Å². The fraction of sp³-hybridized carbons (Fsp3) is 0.125. The highest BCUT2D eigenvalue weighted by molar-refractivity contribution is 5.96. The summed E-state index contributed by atoms with van der Waals surface area (Å²) < 4.78 is 5.02. The topological polar surface area (TPSA) is 127 Å². The lowest BCUT2D eigenvalue weighted by Crippen LogP contribution is -2.12. The van der Waals surface area contributed by atoms with E-state index in [2.05, 4.69) is 0 Å². The van der Waals surface area contributed by atoms with Gasteiger partial charge in [0.25, 0.3) is 0 Å². The minimum Gasteiger partial charge on any atom is -0.872 e. The van der Waals surface area contributed by atoms with E-state index in [0.717, 1.165) is 12.1 Å². The van der Waals surface area contributed by atoms with E-state index in [4.69, 9.17) is 9.84 Å². The van der Waals surface area contributed by atoms with Crippen LogP contribution in [0.4, 0.5) is 0 Å². The predicted molar refractivity (Wildman–Crippen MR) is 77.1 cm³/mol. The van der Waals surface area contributed by atoms with Gasteiger partial charge in [0.15, 0.2) is 0 Å². The van der Waals surface area contributed by atoms with Crippen LogP contribution >= 0.6 is 0 Å². The van der Waals surface area contributed by atoms with Crippen LogP contribution in [0.5, 0.6) is 23.0 Å². The zero-order chi connectivity index (χ0) is 17.3. The Morgan fingerprint density at radius 3 is 2.13 bits per heavy atom. The van der Waals surface area contributed by atoms with Gasteiger partial charge in [-0.25, -0.2) is 9.59 Å². The maximum atomic E-state index is 12.1. The average molecular weight is 317 g/mol. The number of benzene rings is 2. The Labute approximate surface area is 131 Å². The highest BCUT2D eigenvalue weighted by atomic mass is 16.5. The first kappa shape index (κ1) is 16.2. The van der Waals surface area contributed by atoms with Gasteiger partial charge in [0.05, 0.1) is 5.56 Å². The molecule has 0 unspecified atom stereocenters. The Morgan fingerprint density at radius 1 is 1.00 bits per heavy atom. The molecule has 3 N–H and O–H groups in total. The normalized spacial score (nSPS) is 10.3. The van der Waals surface area contributed by atoms with Crippen LogP contribution in [-0.4, -0.2) is 27.3 Å².